The Morgan fingerprint density at radius 3 is 2.38 bits per heavy atom. The zero-order valence-corrected chi connectivity index (χ0v) is 15.1. The summed E-state index contributed by atoms with van der Waals surface area (Å²) < 4.78 is 0. The Morgan fingerprint density at radius 2 is 1.65 bits per heavy atom. The zero-order valence-electron chi connectivity index (χ0n) is 15.1. The van der Waals surface area contributed by atoms with Gasteiger partial charge in [-0.1, -0.05) is 55.5 Å². The van der Waals surface area contributed by atoms with Crippen LogP contribution in [0, 0.1) is 0 Å². The fourth-order valence-corrected chi connectivity index (χ4v) is 3.55. The summed E-state index contributed by atoms with van der Waals surface area (Å²) in [6, 6.07) is 19.9. The molecule has 0 saturated carbocycles. The fourth-order valence-electron chi connectivity index (χ4n) is 3.55. The van der Waals surface area contributed by atoms with E-state index in [0.29, 0.717) is 0 Å². The first-order valence-corrected chi connectivity index (χ1v) is 9.23. The molecule has 26 heavy (non-hydrogen) atoms. The average Bonchev–Trinajstić information content (AvgIpc) is 2.73. The highest BCUT2D eigenvalue weighted by atomic mass is 16.2. The van der Waals surface area contributed by atoms with Gasteiger partial charge in [-0.15, -0.1) is 0 Å². The topological polar surface area (TPSA) is 36.4 Å². The van der Waals surface area contributed by atoms with E-state index >= 15 is 0 Å². The molecule has 1 aliphatic heterocycles. The van der Waals surface area contributed by atoms with E-state index in [9.17, 15) is 4.79 Å². The van der Waals surface area contributed by atoms with E-state index in [2.05, 4.69) is 11.8 Å². The van der Waals surface area contributed by atoms with Crippen molar-refractivity contribution in [3.05, 3.63) is 66.2 Å². The van der Waals surface area contributed by atoms with Crippen molar-refractivity contribution in [2.24, 2.45) is 0 Å². The van der Waals surface area contributed by atoms with Crippen molar-refractivity contribution in [2.45, 2.75) is 6.92 Å². The van der Waals surface area contributed by atoms with Crippen molar-refractivity contribution in [3.8, 4) is 11.3 Å². The first kappa shape index (κ1) is 16.7. The van der Waals surface area contributed by atoms with E-state index in [1.807, 2.05) is 65.6 Å². The van der Waals surface area contributed by atoms with E-state index in [0.717, 1.165) is 60.4 Å². The second-order valence-electron chi connectivity index (χ2n) is 6.66. The number of carbonyl (C=O) groups excluding carboxylic acids is 1. The minimum absolute atomic E-state index is 0.108. The van der Waals surface area contributed by atoms with Crippen LogP contribution in [0.4, 0.5) is 0 Å². The molecule has 0 spiro atoms. The summed E-state index contributed by atoms with van der Waals surface area (Å²) in [7, 11) is 0. The van der Waals surface area contributed by atoms with Crippen molar-refractivity contribution in [1.29, 1.82) is 0 Å². The second-order valence-corrected chi connectivity index (χ2v) is 6.66. The second kappa shape index (κ2) is 7.26. The molecule has 3 aromatic rings. The molecule has 0 bridgehead atoms. The van der Waals surface area contributed by atoms with Crippen LogP contribution in [0.1, 0.15) is 17.3 Å². The predicted molar refractivity (Wildman–Crippen MR) is 105 cm³/mol. The third-order valence-corrected chi connectivity index (χ3v) is 5.12. The smallest absolute Gasteiger partial charge is 0.254 e. The molecule has 1 amide bonds. The van der Waals surface area contributed by atoms with Crippen LogP contribution in [-0.4, -0.2) is 53.4 Å². The van der Waals surface area contributed by atoms with E-state index in [1.165, 1.54) is 0 Å². The molecule has 4 rings (SSSR count). The summed E-state index contributed by atoms with van der Waals surface area (Å²) in [4.78, 5) is 22.4. The van der Waals surface area contributed by atoms with Gasteiger partial charge >= 0.3 is 0 Å². The molecule has 1 aliphatic rings. The highest BCUT2D eigenvalue weighted by Gasteiger charge is 2.23. The van der Waals surface area contributed by atoms with Crippen LogP contribution >= 0.6 is 0 Å². The van der Waals surface area contributed by atoms with Gasteiger partial charge in [0.2, 0.25) is 0 Å². The summed E-state index contributed by atoms with van der Waals surface area (Å²) in [6.07, 6.45) is 0. The quantitative estimate of drug-likeness (QED) is 0.726. The number of benzene rings is 2. The molecule has 132 valence electrons. The third-order valence-electron chi connectivity index (χ3n) is 5.12. The van der Waals surface area contributed by atoms with Gasteiger partial charge in [0, 0.05) is 37.1 Å². The summed E-state index contributed by atoms with van der Waals surface area (Å²) in [5.74, 6) is 0.108. The van der Waals surface area contributed by atoms with Gasteiger partial charge in [-0.3, -0.25) is 4.79 Å². The molecular formula is C22H23N3O. The van der Waals surface area contributed by atoms with Crippen molar-refractivity contribution >= 4 is 16.8 Å². The van der Waals surface area contributed by atoms with E-state index in [4.69, 9.17) is 4.98 Å². The zero-order chi connectivity index (χ0) is 17.9. The molecule has 1 aromatic heterocycles. The number of piperazine rings is 1. The summed E-state index contributed by atoms with van der Waals surface area (Å²) in [6.45, 7) is 6.65. The molecule has 0 N–H and O–H groups in total. The molecular weight excluding hydrogens is 322 g/mol. The first-order chi connectivity index (χ1) is 12.8. The fraction of sp³-hybridized carbons (Fsp3) is 0.273. The van der Waals surface area contributed by atoms with Crippen LogP contribution in [-0.2, 0) is 0 Å². The van der Waals surface area contributed by atoms with Crippen LogP contribution in [0.2, 0.25) is 0 Å². The Morgan fingerprint density at radius 1 is 0.962 bits per heavy atom. The van der Waals surface area contributed by atoms with Gasteiger partial charge in [0.1, 0.15) is 0 Å². The van der Waals surface area contributed by atoms with Gasteiger partial charge < -0.3 is 9.80 Å². The first-order valence-electron chi connectivity index (χ1n) is 9.23. The van der Waals surface area contributed by atoms with Crippen molar-refractivity contribution in [1.82, 2.24) is 14.8 Å². The highest BCUT2D eigenvalue weighted by molar-refractivity contribution is 6.07. The van der Waals surface area contributed by atoms with Gasteiger partial charge in [-0.25, -0.2) is 4.98 Å². The number of likely N-dealkylation sites (N-methyl/N-ethyl adjacent to an activating group) is 1. The number of amides is 1. The van der Waals surface area contributed by atoms with Gasteiger partial charge in [-0.2, -0.15) is 0 Å². The largest absolute Gasteiger partial charge is 0.336 e. The highest BCUT2D eigenvalue weighted by Crippen LogP contribution is 2.26. The molecule has 0 aliphatic carbocycles. The van der Waals surface area contributed by atoms with Crippen LogP contribution < -0.4 is 0 Å². The monoisotopic (exact) mass is 345 g/mol. The predicted octanol–water partition coefficient (Wildman–Crippen LogP) is 3.68. The van der Waals surface area contributed by atoms with Crippen molar-refractivity contribution in [2.75, 3.05) is 32.7 Å². The van der Waals surface area contributed by atoms with Crippen LogP contribution in [0.3, 0.4) is 0 Å². The number of aromatic nitrogens is 1. The number of carbonyl (C=O) groups is 1. The maximum Gasteiger partial charge on any atom is 0.254 e. The Hall–Kier alpha value is -2.72. The Bertz CT molecular complexity index is 915. The summed E-state index contributed by atoms with van der Waals surface area (Å²) in [5, 5.41) is 0.926. The maximum atomic E-state index is 13.3. The number of para-hydroxylation sites is 1. The van der Waals surface area contributed by atoms with E-state index in [1.54, 1.807) is 0 Å². The lowest BCUT2D eigenvalue weighted by Crippen LogP contribution is -2.48. The molecule has 0 atom stereocenters. The minimum Gasteiger partial charge on any atom is -0.336 e. The molecule has 4 nitrogen and oxygen atoms in total. The van der Waals surface area contributed by atoms with Crippen LogP contribution in [0.25, 0.3) is 22.2 Å². The van der Waals surface area contributed by atoms with Gasteiger partial charge in [0.15, 0.2) is 0 Å². The standard InChI is InChI=1S/C22H23N3O/c1-2-24-12-14-25(15-13-24)22(26)19-16-21(17-8-4-3-5-9-17)23-20-11-7-6-10-18(19)20/h3-11,16H,2,12-15H2,1H3. The summed E-state index contributed by atoms with van der Waals surface area (Å²) >= 11 is 0. The van der Waals surface area contributed by atoms with E-state index < -0.39 is 0 Å². The number of hydrogen-bond acceptors (Lipinski definition) is 3. The number of hydrogen-bond donors (Lipinski definition) is 0. The normalized spacial score (nSPS) is 15.3. The Kier molecular flexibility index (Phi) is 4.67. The average molecular weight is 345 g/mol. The molecule has 0 unspecified atom stereocenters. The lowest BCUT2D eigenvalue weighted by molar-refractivity contribution is 0.0645. The Balaban J connectivity index is 1.75. The van der Waals surface area contributed by atoms with Crippen LogP contribution in [0.15, 0.2) is 60.7 Å². The lowest BCUT2D eigenvalue weighted by atomic mass is 10.0. The molecule has 4 heteroatoms. The molecule has 2 heterocycles. The molecule has 2 aromatic carbocycles. The number of rotatable bonds is 3. The summed E-state index contributed by atoms with van der Waals surface area (Å²) in [5.41, 5.74) is 3.49. The molecule has 1 fully saturated rings. The molecule has 1 saturated heterocycles. The SMILES string of the molecule is CCN1CCN(C(=O)c2cc(-c3ccccc3)nc3ccccc23)CC1. The van der Waals surface area contributed by atoms with E-state index in [-0.39, 0.29) is 5.91 Å². The lowest BCUT2D eigenvalue weighted by Gasteiger charge is -2.34. The van der Waals surface area contributed by atoms with Crippen molar-refractivity contribution in [3.63, 3.8) is 0 Å². The number of pyridine rings is 1. The van der Waals surface area contributed by atoms with Gasteiger partial charge in [0.05, 0.1) is 16.8 Å². The Labute approximate surface area is 154 Å². The van der Waals surface area contributed by atoms with Crippen LogP contribution in [0.5, 0.6) is 0 Å². The number of fused-ring (bicyclic) bond motifs is 1. The molecule has 0 radical (unpaired) electrons. The van der Waals surface area contributed by atoms with Crippen molar-refractivity contribution < 1.29 is 4.79 Å². The van der Waals surface area contributed by atoms with Gasteiger partial charge in [-0.05, 0) is 18.7 Å². The van der Waals surface area contributed by atoms with Gasteiger partial charge in [0.25, 0.3) is 5.91 Å². The third kappa shape index (κ3) is 3.20. The number of nitrogens with zero attached hydrogens (tertiary/aromatic N) is 3. The minimum atomic E-state index is 0.108. The maximum absolute atomic E-state index is 13.3.